The Morgan fingerprint density at radius 2 is 1.76 bits per heavy atom. The second-order valence-electron chi connectivity index (χ2n) is 10.8. The van der Waals surface area contributed by atoms with E-state index in [0.29, 0.717) is 53.4 Å². The van der Waals surface area contributed by atoms with Gasteiger partial charge in [0, 0.05) is 35.8 Å². The number of H-pyrrole nitrogens is 1. The summed E-state index contributed by atoms with van der Waals surface area (Å²) >= 11 is 1.27. The molecule has 232 valence electrons. The molecule has 1 aliphatic heterocycles. The highest BCUT2D eigenvalue weighted by molar-refractivity contribution is 8.18. The van der Waals surface area contributed by atoms with Gasteiger partial charge in [-0.05, 0) is 85.1 Å². The number of aliphatic imine (C=N–C) groups is 1. The first-order chi connectivity index (χ1) is 22.4. The van der Waals surface area contributed by atoms with Gasteiger partial charge >= 0.3 is 0 Å². The minimum Gasteiger partial charge on any atom is -0.490 e. The van der Waals surface area contributed by atoms with Gasteiger partial charge in [0.15, 0.2) is 16.7 Å². The second-order valence-corrected chi connectivity index (χ2v) is 11.8. The molecule has 9 nitrogen and oxygen atoms in total. The molecule has 5 aromatic rings. The summed E-state index contributed by atoms with van der Waals surface area (Å²) in [4.78, 5) is 34.7. The predicted octanol–water partition coefficient (Wildman–Crippen LogP) is 8.21. The van der Waals surface area contributed by atoms with Gasteiger partial charge in [0.25, 0.3) is 11.6 Å². The zero-order valence-electron chi connectivity index (χ0n) is 25.4. The first-order valence-corrected chi connectivity index (χ1v) is 15.7. The van der Waals surface area contributed by atoms with Crippen LogP contribution in [-0.4, -0.2) is 39.0 Å². The van der Waals surface area contributed by atoms with Crippen molar-refractivity contribution in [3.05, 3.63) is 134 Å². The van der Waals surface area contributed by atoms with Gasteiger partial charge in [-0.3, -0.25) is 19.8 Å². The molecule has 1 aromatic heterocycles. The molecule has 0 aliphatic carbocycles. The van der Waals surface area contributed by atoms with E-state index in [-0.39, 0.29) is 11.6 Å². The number of carbonyl (C=O) groups excluding carboxylic acids is 1. The number of benzene rings is 4. The fourth-order valence-corrected chi connectivity index (χ4v) is 6.14. The molecule has 2 heterocycles. The predicted molar refractivity (Wildman–Crippen MR) is 183 cm³/mol. The number of nitro benzene ring substituents is 1. The lowest BCUT2D eigenvalue weighted by molar-refractivity contribution is -0.384. The van der Waals surface area contributed by atoms with Crippen molar-refractivity contribution in [1.82, 2.24) is 9.88 Å². The van der Waals surface area contributed by atoms with Gasteiger partial charge in [-0.1, -0.05) is 54.1 Å². The summed E-state index contributed by atoms with van der Waals surface area (Å²) in [6, 6.07) is 27.8. The Morgan fingerprint density at radius 3 is 2.52 bits per heavy atom. The maximum atomic E-state index is 13.8. The van der Waals surface area contributed by atoms with Crippen molar-refractivity contribution in [1.29, 1.82) is 0 Å². The number of amidine groups is 1. The smallest absolute Gasteiger partial charge is 0.269 e. The van der Waals surface area contributed by atoms with Crippen LogP contribution in [0.1, 0.15) is 29.2 Å². The molecule has 6 rings (SSSR count). The molecule has 0 atom stereocenters. The maximum Gasteiger partial charge on any atom is 0.269 e. The highest BCUT2D eigenvalue weighted by Crippen LogP contribution is 2.37. The van der Waals surface area contributed by atoms with Crippen molar-refractivity contribution in [2.24, 2.45) is 4.99 Å². The molecule has 1 amide bonds. The van der Waals surface area contributed by atoms with Crippen LogP contribution < -0.4 is 9.47 Å². The molecule has 0 bridgehead atoms. The van der Waals surface area contributed by atoms with Crippen LogP contribution in [0.3, 0.4) is 0 Å². The average molecular weight is 633 g/mol. The summed E-state index contributed by atoms with van der Waals surface area (Å²) in [5, 5.41) is 12.8. The molecular weight excluding hydrogens is 600 g/mol. The minimum absolute atomic E-state index is 0.0210. The van der Waals surface area contributed by atoms with Crippen LogP contribution >= 0.6 is 11.8 Å². The Labute approximate surface area is 270 Å². The van der Waals surface area contributed by atoms with Crippen LogP contribution in [-0.2, 0) is 17.8 Å². The highest BCUT2D eigenvalue weighted by atomic mass is 32.2. The van der Waals surface area contributed by atoms with E-state index in [2.05, 4.69) is 23.2 Å². The largest absolute Gasteiger partial charge is 0.490 e. The van der Waals surface area contributed by atoms with Crippen LogP contribution in [0.15, 0.2) is 107 Å². The minimum atomic E-state index is -0.450. The van der Waals surface area contributed by atoms with Crippen molar-refractivity contribution in [3.63, 3.8) is 0 Å². The quantitative estimate of drug-likeness (QED) is 0.0893. The molecule has 0 saturated carbocycles. The molecule has 46 heavy (non-hydrogen) atoms. The summed E-state index contributed by atoms with van der Waals surface area (Å²) in [7, 11) is 0. The van der Waals surface area contributed by atoms with E-state index in [0.717, 1.165) is 27.6 Å². The van der Waals surface area contributed by atoms with Crippen LogP contribution in [0.5, 0.6) is 11.5 Å². The van der Waals surface area contributed by atoms with E-state index >= 15 is 0 Å². The normalized spacial score (nSPS) is 14.8. The summed E-state index contributed by atoms with van der Waals surface area (Å²) < 4.78 is 12.0. The Bertz CT molecular complexity index is 1950. The molecule has 0 unspecified atom stereocenters. The molecule has 1 saturated heterocycles. The fourth-order valence-electron chi connectivity index (χ4n) is 5.12. The molecule has 1 N–H and O–H groups in total. The molecule has 0 radical (unpaired) electrons. The Hall–Kier alpha value is -5.35. The maximum absolute atomic E-state index is 13.8. The number of aryl methyl sites for hydroxylation is 1. The number of thioether (sulfide) groups is 1. The SMILES string of the molecule is CCOc1cc(/C=C2\SC(=Nc3ccc([N+](=O)[O-])cc3)N(CCc3c[nH]c4ccccc34)C2=O)ccc1OCc1ccc(C)cc1. The number of fused-ring (bicyclic) bond motifs is 1. The number of rotatable bonds is 11. The number of para-hydroxylation sites is 1. The van der Waals surface area contributed by atoms with Crippen LogP contribution in [0.2, 0.25) is 0 Å². The first-order valence-electron chi connectivity index (χ1n) is 14.9. The number of amides is 1. The number of non-ortho nitro benzene ring substituents is 1. The van der Waals surface area contributed by atoms with E-state index in [9.17, 15) is 14.9 Å². The fraction of sp³-hybridized carbons (Fsp3) is 0.167. The van der Waals surface area contributed by atoms with E-state index < -0.39 is 4.92 Å². The lowest BCUT2D eigenvalue weighted by Crippen LogP contribution is -2.31. The van der Waals surface area contributed by atoms with E-state index in [4.69, 9.17) is 14.5 Å². The number of aromatic amines is 1. The number of ether oxygens (including phenoxy) is 2. The number of nitrogens with zero attached hydrogens (tertiary/aromatic N) is 3. The summed E-state index contributed by atoms with van der Waals surface area (Å²) in [5.74, 6) is 1.05. The summed E-state index contributed by atoms with van der Waals surface area (Å²) in [5.41, 5.74) is 5.67. The Morgan fingerprint density at radius 1 is 0.978 bits per heavy atom. The molecule has 1 aliphatic rings. The van der Waals surface area contributed by atoms with Gasteiger partial charge in [0.1, 0.15) is 6.61 Å². The number of aromatic nitrogens is 1. The van der Waals surface area contributed by atoms with Crippen molar-refractivity contribution in [3.8, 4) is 11.5 Å². The van der Waals surface area contributed by atoms with Gasteiger partial charge in [0.2, 0.25) is 0 Å². The molecule has 10 heteroatoms. The lowest BCUT2D eigenvalue weighted by Gasteiger charge is -2.15. The van der Waals surface area contributed by atoms with Crippen LogP contribution in [0.4, 0.5) is 11.4 Å². The van der Waals surface area contributed by atoms with Crippen LogP contribution in [0, 0.1) is 17.0 Å². The Kier molecular flexibility index (Phi) is 9.16. The third-order valence-corrected chi connectivity index (χ3v) is 8.54. The standard InChI is InChI=1S/C36H32N4O5S/c1-3-44-33-20-26(12-17-32(33)45-23-25-10-8-24(2)9-11-25)21-34-35(41)39(19-18-27-22-37-31-7-5-4-6-30(27)31)36(46-34)38-28-13-15-29(16-14-28)40(42)43/h4-17,20-22,37H,3,18-19,23H2,1-2H3/b34-21-,38-36?. The number of nitrogens with one attached hydrogen (secondary N) is 1. The van der Waals surface area contributed by atoms with Gasteiger partial charge in [-0.15, -0.1) is 0 Å². The summed E-state index contributed by atoms with van der Waals surface area (Å²) in [6.07, 6.45) is 4.42. The second kappa shape index (κ2) is 13.7. The topological polar surface area (TPSA) is 110 Å². The van der Waals surface area contributed by atoms with E-state index in [1.165, 1.54) is 29.5 Å². The highest BCUT2D eigenvalue weighted by Gasteiger charge is 2.33. The number of nitro groups is 1. The number of hydrogen-bond donors (Lipinski definition) is 1. The molecule has 0 spiro atoms. The van der Waals surface area contributed by atoms with E-state index in [1.54, 1.807) is 17.0 Å². The average Bonchev–Trinajstić information content (AvgIpc) is 3.60. The van der Waals surface area contributed by atoms with Gasteiger partial charge in [0.05, 0.1) is 22.1 Å². The Balaban J connectivity index is 1.27. The van der Waals surface area contributed by atoms with Crippen molar-refractivity contribution >= 4 is 51.2 Å². The third kappa shape index (κ3) is 6.97. The van der Waals surface area contributed by atoms with Crippen molar-refractivity contribution < 1.29 is 19.2 Å². The van der Waals surface area contributed by atoms with Crippen molar-refractivity contribution in [2.45, 2.75) is 26.9 Å². The first kappa shape index (κ1) is 30.7. The monoisotopic (exact) mass is 632 g/mol. The van der Waals surface area contributed by atoms with Crippen LogP contribution in [0.25, 0.3) is 17.0 Å². The van der Waals surface area contributed by atoms with E-state index in [1.807, 2.05) is 74.7 Å². The van der Waals surface area contributed by atoms with Gasteiger partial charge < -0.3 is 14.5 Å². The summed E-state index contributed by atoms with van der Waals surface area (Å²) in [6.45, 7) is 5.24. The zero-order valence-corrected chi connectivity index (χ0v) is 26.3. The molecular formula is C36H32N4O5S. The zero-order chi connectivity index (χ0) is 32.0. The van der Waals surface area contributed by atoms with Gasteiger partial charge in [-0.2, -0.15) is 0 Å². The molecule has 4 aromatic carbocycles. The number of hydrogen-bond acceptors (Lipinski definition) is 7. The molecule has 1 fully saturated rings. The van der Waals surface area contributed by atoms with Gasteiger partial charge in [-0.25, -0.2) is 4.99 Å². The lowest BCUT2D eigenvalue weighted by atomic mass is 10.1. The number of carbonyl (C=O) groups is 1. The van der Waals surface area contributed by atoms with Crippen molar-refractivity contribution in [2.75, 3.05) is 13.2 Å². The third-order valence-electron chi connectivity index (χ3n) is 7.53.